The Labute approximate surface area is 57.3 Å². The van der Waals surface area contributed by atoms with E-state index in [0.717, 1.165) is 19.5 Å². The molecule has 0 aromatic rings. The van der Waals surface area contributed by atoms with E-state index in [2.05, 4.69) is 31.8 Å². The van der Waals surface area contributed by atoms with Gasteiger partial charge in [0.2, 0.25) is 0 Å². The summed E-state index contributed by atoms with van der Waals surface area (Å²) in [5.41, 5.74) is 0. The molecule has 0 aliphatic heterocycles. The first-order valence-corrected chi connectivity index (χ1v) is 3.71. The Morgan fingerprint density at radius 3 is 2.50 bits per heavy atom. The molecule has 1 N–H and O–H groups in total. The Morgan fingerprint density at radius 1 is 1.50 bits per heavy atom. The highest BCUT2D eigenvalue weighted by Crippen LogP contribution is 1.96. The van der Waals surface area contributed by atoms with Crippen molar-refractivity contribution >= 4 is 12.6 Å². The Kier molecular flexibility index (Phi) is 5.66. The molecule has 1 unspecified atom stereocenters. The van der Waals surface area contributed by atoms with Crippen molar-refractivity contribution in [3.8, 4) is 0 Å². The van der Waals surface area contributed by atoms with E-state index in [4.69, 9.17) is 0 Å². The van der Waals surface area contributed by atoms with Gasteiger partial charge < -0.3 is 5.32 Å². The van der Waals surface area contributed by atoms with E-state index >= 15 is 0 Å². The second-order valence-electron chi connectivity index (χ2n) is 1.87. The van der Waals surface area contributed by atoms with Crippen LogP contribution < -0.4 is 5.32 Å². The Hall–Kier alpha value is 0.310. The van der Waals surface area contributed by atoms with Crippen LogP contribution in [0, 0.1) is 0 Å². The third kappa shape index (κ3) is 4.47. The lowest BCUT2D eigenvalue weighted by atomic mass is 10.3. The van der Waals surface area contributed by atoms with Gasteiger partial charge in [-0.3, -0.25) is 0 Å². The first-order valence-electron chi connectivity index (χ1n) is 3.20. The molecule has 0 radical (unpaired) electrons. The van der Waals surface area contributed by atoms with Crippen molar-refractivity contribution in [2.24, 2.45) is 0 Å². The monoisotopic (exact) mass is 133 g/mol. The van der Waals surface area contributed by atoms with Gasteiger partial charge >= 0.3 is 0 Å². The summed E-state index contributed by atoms with van der Waals surface area (Å²) in [5, 5.41) is 3.76. The van der Waals surface area contributed by atoms with Crippen LogP contribution in [0.1, 0.15) is 20.3 Å². The molecule has 0 aliphatic rings. The lowest BCUT2D eigenvalue weighted by Crippen LogP contribution is -2.22. The molecule has 0 amide bonds. The van der Waals surface area contributed by atoms with Gasteiger partial charge in [0.15, 0.2) is 0 Å². The Bertz CT molecular complexity index is 47.8. The first-order chi connectivity index (χ1) is 3.81. The van der Waals surface area contributed by atoms with Crippen molar-refractivity contribution in [3.63, 3.8) is 0 Å². The third-order valence-corrected chi connectivity index (χ3v) is 1.65. The van der Waals surface area contributed by atoms with Gasteiger partial charge in [-0.05, 0) is 13.0 Å². The quantitative estimate of drug-likeness (QED) is 0.551. The van der Waals surface area contributed by atoms with E-state index in [1.165, 1.54) is 0 Å². The van der Waals surface area contributed by atoms with Crippen LogP contribution in [0.5, 0.6) is 0 Å². The summed E-state index contributed by atoms with van der Waals surface area (Å²) < 4.78 is 0. The van der Waals surface area contributed by atoms with Gasteiger partial charge in [0.05, 0.1) is 0 Å². The van der Waals surface area contributed by atoms with Crippen LogP contribution in [0.25, 0.3) is 0 Å². The highest BCUT2D eigenvalue weighted by molar-refractivity contribution is 7.81. The van der Waals surface area contributed by atoms with Gasteiger partial charge in [-0.2, -0.15) is 12.6 Å². The predicted octanol–water partition coefficient (Wildman–Crippen LogP) is 1.30. The van der Waals surface area contributed by atoms with Crippen LogP contribution in [0.2, 0.25) is 0 Å². The minimum absolute atomic E-state index is 0.537. The summed E-state index contributed by atoms with van der Waals surface area (Å²) >= 11 is 4.30. The number of rotatable bonds is 4. The highest BCUT2D eigenvalue weighted by Gasteiger charge is 1.94. The number of hydrogen-bond acceptors (Lipinski definition) is 2. The van der Waals surface area contributed by atoms with E-state index in [1.807, 2.05) is 0 Å². The van der Waals surface area contributed by atoms with Crippen LogP contribution in [0.3, 0.4) is 0 Å². The summed E-state index contributed by atoms with van der Waals surface area (Å²) in [6, 6.07) is 0. The fraction of sp³-hybridized carbons (Fsp3) is 1.00. The lowest BCUT2D eigenvalue weighted by Gasteiger charge is -2.05. The minimum atomic E-state index is 0.537. The van der Waals surface area contributed by atoms with Gasteiger partial charge in [0, 0.05) is 11.8 Å². The van der Waals surface area contributed by atoms with Gasteiger partial charge in [0.1, 0.15) is 0 Å². The normalized spacial score (nSPS) is 13.9. The largest absolute Gasteiger partial charge is 0.316 e. The third-order valence-electron chi connectivity index (χ3n) is 1.10. The molecule has 0 rings (SSSR count). The lowest BCUT2D eigenvalue weighted by molar-refractivity contribution is 0.678. The second-order valence-corrected chi connectivity index (χ2v) is 2.60. The summed E-state index contributed by atoms with van der Waals surface area (Å²) in [4.78, 5) is 0. The van der Waals surface area contributed by atoms with E-state index < -0.39 is 0 Å². The van der Waals surface area contributed by atoms with Gasteiger partial charge in [-0.25, -0.2) is 0 Å². The van der Waals surface area contributed by atoms with Crippen LogP contribution in [0.4, 0.5) is 0 Å². The van der Waals surface area contributed by atoms with Crippen molar-refractivity contribution in [1.29, 1.82) is 0 Å². The maximum absolute atomic E-state index is 4.30. The molecule has 2 heteroatoms. The molecule has 0 saturated heterocycles. The average Bonchev–Trinajstić information content (AvgIpc) is 1.83. The fourth-order valence-corrected chi connectivity index (χ4v) is 0.584. The summed E-state index contributed by atoms with van der Waals surface area (Å²) in [5.74, 6) is 0. The molecule has 0 aromatic heterocycles. The van der Waals surface area contributed by atoms with Gasteiger partial charge in [-0.1, -0.05) is 13.8 Å². The SMILES string of the molecule is CCNCC(S)CC. The van der Waals surface area contributed by atoms with Crippen molar-refractivity contribution in [2.75, 3.05) is 13.1 Å². The number of thiol groups is 1. The standard InChI is InChI=1S/C6H15NS/c1-3-6(8)5-7-4-2/h6-8H,3-5H2,1-2H3. The van der Waals surface area contributed by atoms with Gasteiger partial charge in [-0.15, -0.1) is 0 Å². The molecule has 0 bridgehead atoms. The summed E-state index contributed by atoms with van der Waals surface area (Å²) in [6.07, 6.45) is 1.15. The van der Waals surface area contributed by atoms with Crippen LogP contribution >= 0.6 is 12.6 Å². The van der Waals surface area contributed by atoms with Crippen LogP contribution in [0.15, 0.2) is 0 Å². The average molecular weight is 133 g/mol. The number of nitrogens with one attached hydrogen (secondary N) is 1. The summed E-state index contributed by atoms with van der Waals surface area (Å²) in [7, 11) is 0. The molecule has 1 nitrogen and oxygen atoms in total. The topological polar surface area (TPSA) is 12.0 Å². The predicted molar refractivity (Wildman–Crippen MR) is 41.6 cm³/mol. The molecule has 0 fully saturated rings. The van der Waals surface area contributed by atoms with Crippen molar-refractivity contribution in [3.05, 3.63) is 0 Å². The van der Waals surface area contributed by atoms with Crippen molar-refractivity contribution < 1.29 is 0 Å². The zero-order valence-electron chi connectivity index (χ0n) is 5.65. The fourth-order valence-electron chi connectivity index (χ4n) is 0.455. The van der Waals surface area contributed by atoms with E-state index in [1.54, 1.807) is 0 Å². The summed E-state index contributed by atoms with van der Waals surface area (Å²) in [6.45, 7) is 6.35. The molecular formula is C6H15NS. The van der Waals surface area contributed by atoms with Crippen LogP contribution in [-0.4, -0.2) is 18.3 Å². The van der Waals surface area contributed by atoms with E-state index in [-0.39, 0.29) is 0 Å². The molecule has 0 spiro atoms. The molecule has 0 heterocycles. The molecule has 8 heavy (non-hydrogen) atoms. The maximum Gasteiger partial charge on any atom is 0.0139 e. The molecule has 0 aromatic carbocycles. The second kappa shape index (κ2) is 5.45. The maximum atomic E-state index is 4.30. The Morgan fingerprint density at radius 2 is 2.12 bits per heavy atom. The Balaban J connectivity index is 2.86. The first kappa shape index (κ1) is 8.31. The molecule has 0 saturated carbocycles. The number of hydrogen-bond donors (Lipinski definition) is 2. The minimum Gasteiger partial charge on any atom is -0.316 e. The van der Waals surface area contributed by atoms with E-state index in [9.17, 15) is 0 Å². The zero-order valence-corrected chi connectivity index (χ0v) is 6.54. The smallest absolute Gasteiger partial charge is 0.0139 e. The molecule has 0 aliphatic carbocycles. The van der Waals surface area contributed by atoms with Crippen molar-refractivity contribution in [2.45, 2.75) is 25.5 Å². The zero-order chi connectivity index (χ0) is 6.41. The van der Waals surface area contributed by atoms with E-state index in [0.29, 0.717) is 5.25 Å². The highest BCUT2D eigenvalue weighted by atomic mass is 32.1. The van der Waals surface area contributed by atoms with Crippen LogP contribution in [-0.2, 0) is 0 Å². The van der Waals surface area contributed by atoms with Crippen molar-refractivity contribution in [1.82, 2.24) is 5.32 Å². The molecule has 1 atom stereocenters. The van der Waals surface area contributed by atoms with Gasteiger partial charge in [0.25, 0.3) is 0 Å². The molecule has 50 valence electrons. The molecular weight excluding hydrogens is 118 g/mol.